The van der Waals surface area contributed by atoms with Crippen LogP contribution >= 0.6 is 0 Å². The highest BCUT2D eigenvalue weighted by Gasteiger charge is 2.12. The molecule has 4 nitrogen and oxygen atoms in total. The summed E-state index contributed by atoms with van der Waals surface area (Å²) in [6.07, 6.45) is 8.00. The van der Waals surface area contributed by atoms with Crippen molar-refractivity contribution in [2.24, 2.45) is 0 Å². The number of rotatable bonds is 7. The molecule has 2 aromatic carbocycles. The molecule has 0 unspecified atom stereocenters. The predicted molar refractivity (Wildman–Crippen MR) is 122 cm³/mol. The summed E-state index contributed by atoms with van der Waals surface area (Å²) in [4.78, 5) is 17.6. The highest BCUT2D eigenvalue weighted by Crippen LogP contribution is 2.15. The number of benzene rings is 2. The second kappa shape index (κ2) is 10.7. The number of amides is 1. The van der Waals surface area contributed by atoms with Crippen molar-refractivity contribution in [2.75, 3.05) is 26.2 Å². The van der Waals surface area contributed by atoms with Gasteiger partial charge in [0.25, 0.3) is 5.91 Å². The van der Waals surface area contributed by atoms with Crippen LogP contribution in [0.5, 0.6) is 0 Å². The molecule has 0 radical (unpaired) electrons. The minimum absolute atomic E-state index is 0.00337. The fourth-order valence-electron chi connectivity index (χ4n) is 4.56. The maximum Gasteiger partial charge on any atom is 0.251 e. The third-order valence-corrected chi connectivity index (χ3v) is 6.40. The van der Waals surface area contributed by atoms with Crippen LogP contribution in [-0.4, -0.2) is 41.9 Å². The first-order chi connectivity index (χ1) is 14.8. The normalized spacial score (nSPS) is 18.3. The van der Waals surface area contributed by atoms with Crippen LogP contribution in [0.2, 0.25) is 0 Å². The van der Waals surface area contributed by atoms with Crippen LogP contribution in [-0.2, 0) is 19.6 Å². The first kappa shape index (κ1) is 21.1. The molecule has 0 bridgehead atoms. The lowest BCUT2D eigenvalue weighted by Crippen LogP contribution is -2.24. The molecule has 30 heavy (non-hydrogen) atoms. The molecule has 1 N–H and O–H groups in total. The number of carbonyl (C=O) groups excluding carboxylic acids is 1. The van der Waals surface area contributed by atoms with E-state index in [2.05, 4.69) is 51.5 Å². The molecule has 0 atom stereocenters. The Morgan fingerprint density at radius 3 is 1.60 bits per heavy atom. The molecule has 2 fully saturated rings. The van der Waals surface area contributed by atoms with Crippen molar-refractivity contribution in [3.63, 3.8) is 0 Å². The van der Waals surface area contributed by atoms with Crippen molar-refractivity contribution in [2.45, 2.75) is 58.2 Å². The lowest BCUT2D eigenvalue weighted by atomic mass is 10.1. The van der Waals surface area contributed by atoms with Crippen molar-refractivity contribution in [3.8, 4) is 0 Å². The fraction of sp³-hybridized carbons (Fsp3) is 0.500. The van der Waals surface area contributed by atoms with Gasteiger partial charge >= 0.3 is 0 Å². The van der Waals surface area contributed by atoms with E-state index in [1.807, 2.05) is 12.1 Å². The van der Waals surface area contributed by atoms with Gasteiger partial charge in [-0.1, -0.05) is 49.2 Å². The summed E-state index contributed by atoms with van der Waals surface area (Å²) in [5, 5.41) is 3.06. The summed E-state index contributed by atoms with van der Waals surface area (Å²) >= 11 is 0. The molecule has 0 aliphatic carbocycles. The van der Waals surface area contributed by atoms with Crippen LogP contribution in [0.15, 0.2) is 48.5 Å². The Hall–Kier alpha value is -2.17. The lowest BCUT2D eigenvalue weighted by Gasteiger charge is -2.19. The number of likely N-dealkylation sites (tertiary alicyclic amines) is 2. The Labute approximate surface area is 181 Å². The maximum atomic E-state index is 12.5. The molecular weight excluding hydrogens is 370 g/mol. The molecule has 2 saturated heterocycles. The standard InChI is InChI=1S/C26H35N3O/c30-26(25-13-11-24(12-14-25)21-29-17-5-6-18-29)27-19-22-7-9-23(10-8-22)20-28-15-3-1-2-4-16-28/h7-14H,1-6,15-21H2,(H,27,30). The minimum Gasteiger partial charge on any atom is -0.348 e. The number of carbonyl (C=O) groups is 1. The van der Waals surface area contributed by atoms with E-state index in [0.29, 0.717) is 6.54 Å². The average molecular weight is 406 g/mol. The van der Waals surface area contributed by atoms with Crippen molar-refractivity contribution >= 4 is 5.91 Å². The average Bonchev–Trinajstić information content (AvgIpc) is 3.15. The van der Waals surface area contributed by atoms with E-state index in [1.165, 1.54) is 75.8 Å². The highest BCUT2D eigenvalue weighted by molar-refractivity contribution is 5.94. The zero-order valence-electron chi connectivity index (χ0n) is 18.1. The second-order valence-corrected chi connectivity index (χ2v) is 8.87. The van der Waals surface area contributed by atoms with Gasteiger partial charge in [-0.2, -0.15) is 0 Å². The molecule has 2 aromatic rings. The summed E-state index contributed by atoms with van der Waals surface area (Å²) in [7, 11) is 0. The van der Waals surface area contributed by atoms with Crippen molar-refractivity contribution < 1.29 is 4.79 Å². The zero-order valence-corrected chi connectivity index (χ0v) is 18.1. The summed E-state index contributed by atoms with van der Waals surface area (Å²) in [6, 6.07) is 16.8. The molecule has 4 rings (SSSR count). The number of hydrogen-bond acceptors (Lipinski definition) is 3. The Morgan fingerprint density at radius 1 is 0.633 bits per heavy atom. The summed E-state index contributed by atoms with van der Waals surface area (Å²) in [5.74, 6) is -0.00337. The zero-order chi connectivity index (χ0) is 20.6. The monoisotopic (exact) mass is 405 g/mol. The van der Waals surface area contributed by atoms with Gasteiger partial charge < -0.3 is 5.32 Å². The molecule has 2 heterocycles. The van der Waals surface area contributed by atoms with E-state index in [1.54, 1.807) is 0 Å². The smallest absolute Gasteiger partial charge is 0.251 e. The number of nitrogens with one attached hydrogen (secondary N) is 1. The molecule has 0 spiro atoms. The fourth-order valence-corrected chi connectivity index (χ4v) is 4.56. The molecule has 4 heteroatoms. The van der Waals surface area contributed by atoms with E-state index in [4.69, 9.17) is 0 Å². The van der Waals surface area contributed by atoms with Crippen LogP contribution in [0.1, 0.15) is 65.6 Å². The quantitative estimate of drug-likeness (QED) is 0.732. The lowest BCUT2D eigenvalue weighted by molar-refractivity contribution is 0.0951. The van der Waals surface area contributed by atoms with Gasteiger partial charge in [0.2, 0.25) is 0 Å². The summed E-state index contributed by atoms with van der Waals surface area (Å²) < 4.78 is 0. The van der Waals surface area contributed by atoms with Crippen LogP contribution < -0.4 is 5.32 Å². The third kappa shape index (κ3) is 6.16. The van der Waals surface area contributed by atoms with Gasteiger partial charge in [-0.3, -0.25) is 14.6 Å². The largest absolute Gasteiger partial charge is 0.348 e. The van der Waals surface area contributed by atoms with Crippen LogP contribution in [0, 0.1) is 0 Å². The first-order valence-electron chi connectivity index (χ1n) is 11.7. The molecule has 1 amide bonds. The molecular formula is C26H35N3O. The Kier molecular flexibility index (Phi) is 7.54. The van der Waals surface area contributed by atoms with Crippen molar-refractivity contribution in [1.29, 1.82) is 0 Å². The molecule has 2 aliphatic rings. The minimum atomic E-state index is -0.00337. The van der Waals surface area contributed by atoms with Crippen LogP contribution in [0.3, 0.4) is 0 Å². The molecule has 2 aliphatic heterocycles. The van der Waals surface area contributed by atoms with Gasteiger partial charge in [0.1, 0.15) is 0 Å². The van der Waals surface area contributed by atoms with Crippen molar-refractivity contribution in [3.05, 3.63) is 70.8 Å². The van der Waals surface area contributed by atoms with Gasteiger partial charge in [0, 0.05) is 25.2 Å². The predicted octanol–water partition coefficient (Wildman–Crippen LogP) is 4.59. The molecule has 160 valence electrons. The second-order valence-electron chi connectivity index (χ2n) is 8.87. The van der Waals surface area contributed by atoms with Gasteiger partial charge in [0.15, 0.2) is 0 Å². The van der Waals surface area contributed by atoms with E-state index in [-0.39, 0.29) is 5.91 Å². The Morgan fingerprint density at radius 2 is 1.07 bits per heavy atom. The summed E-state index contributed by atoms with van der Waals surface area (Å²) in [6.45, 7) is 7.42. The summed E-state index contributed by atoms with van der Waals surface area (Å²) in [5.41, 5.74) is 4.53. The maximum absolute atomic E-state index is 12.5. The van der Waals surface area contributed by atoms with E-state index in [0.717, 1.165) is 24.2 Å². The SMILES string of the molecule is O=C(NCc1ccc(CN2CCCCCC2)cc1)c1ccc(CN2CCCC2)cc1. The van der Waals surface area contributed by atoms with Crippen LogP contribution in [0.4, 0.5) is 0 Å². The number of nitrogens with zero attached hydrogens (tertiary/aromatic N) is 2. The number of hydrogen-bond donors (Lipinski definition) is 1. The van der Waals surface area contributed by atoms with Gasteiger partial charge in [-0.15, -0.1) is 0 Å². The topological polar surface area (TPSA) is 35.6 Å². The van der Waals surface area contributed by atoms with E-state index < -0.39 is 0 Å². The third-order valence-electron chi connectivity index (χ3n) is 6.40. The molecule has 0 aromatic heterocycles. The Bertz CT molecular complexity index is 786. The van der Waals surface area contributed by atoms with Crippen molar-refractivity contribution in [1.82, 2.24) is 15.1 Å². The van der Waals surface area contributed by atoms with Crippen LogP contribution in [0.25, 0.3) is 0 Å². The highest BCUT2D eigenvalue weighted by atomic mass is 16.1. The van der Waals surface area contributed by atoms with E-state index >= 15 is 0 Å². The van der Waals surface area contributed by atoms with Gasteiger partial charge in [0.05, 0.1) is 0 Å². The molecule has 0 saturated carbocycles. The van der Waals surface area contributed by atoms with Gasteiger partial charge in [-0.25, -0.2) is 0 Å². The van der Waals surface area contributed by atoms with E-state index in [9.17, 15) is 4.79 Å². The first-order valence-corrected chi connectivity index (χ1v) is 11.7. The van der Waals surface area contributed by atoms with Gasteiger partial charge in [-0.05, 0) is 80.7 Å². The Balaban J connectivity index is 1.24.